The first-order chi connectivity index (χ1) is 9.54. The highest BCUT2D eigenvalue weighted by Crippen LogP contribution is 2.27. The van der Waals surface area contributed by atoms with Gasteiger partial charge >= 0.3 is 5.97 Å². The fourth-order valence-corrected chi connectivity index (χ4v) is 3.03. The van der Waals surface area contributed by atoms with E-state index in [-0.39, 0.29) is 0 Å². The maximum atomic E-state index is 11.4. The van der Waals surface area contributed by atoms with Crippen molar-refractivity contribution in [3.05, 3.63) is 64.7 Å². The Kier molecular flexibility index (Phi) is 5.10. The summed E-state index contributed by atoms with van der Waals surface area (Å²) in [5.41, 5.74) is 2.18. The summed E-state index contributed by atoms with van der Waals surface area (Å²) in [6.45, 7) is 2.01. The van der Waals surface area contributed by atoms with Crippen molar-refractivity contribution in [2.45, 2.75) is 23.5 Å². The Labute approximate surface area is 127 Å². The van der Waals surface area contributed by atoms with Crippen LogP contribution in [0.2, 0.25) is 5.02 Å². The summed E-state index contributed by atoms with van der Waals surface area (Å²) in [4.78, 5) is 12.3. The smallest absolute Gasteiger partial charge is 0.317 e. The van der Waals surface area contributed by atoms with Crippen molar-refractivity contribution < 1.29 is 9.90 Å². The van der Waals surface area contributed by atoms with Gasteiger partial charge in [-0.05, 0) is 43.2 Å². The number of aryl methyl sites for hydroxylation is 1. The number of hydrogen-bond acceptors (Lipinski definition) is 2. The average Bonchev–Trinajstić information content (AvgIpc) is 2.40. The molecular weight excluding hydrogens is 292 g/mol. The lowest BCUT2D eigenvalue weighted by Crippen LogP contribution is -2.19. The number of thioether (sulfide) groups is 1. The van der Waals surface area contributed by atoms with Crippen LogP contribution in [0.1, 0.15) is 11.1 Å². The summed E-state index contributed by atoms with van der Waals surface area (Å²) >= 11 is 7.18. The molecule has 0 amide bonds. The SMILES string of the molecule is Cc1cccc(CC(Sc2ccc(Cl)cc2)C(=O)O)c1. The van der Waals surface area contributed by atoms with E-state index in [1.165, 1.54) is 11.8 Å². The number of benzene rings is 2. The lowest BCUT2D eigenvalue weighted by molar-refractivity contribution is -0.136. The molecule has 0 heterocycles. The Hall–Kier alpha value is -1.45. The minimum atomic E-state index is -0.800. The van der Waals surface area contributed by atoms with Crippen LogP contribution in [0, 0.1) is 6.92 Å². The van der Waals surface area contributed by atoms with Crippen LogP contribution in [0.5, 0.6) is 0 Å². The van der Waals surface area contributed by atoms with Crippen molar-refractivity contribution in [3.63, 3.8) is 0 Å². The third-order valence-electron chi connectivity index (χ3n) is 2.87. The highest BCUT2D eigenvalue weighted by molar-refractivity contribution is 8.00. The number of rotatable bonds is 5. The van der Waals surface area contributed by atoms with E-state index in [9.17, 15) is 9.90 Å². The Bertz CT molecular complexity index is 596. The van der Waals surface area contributed by atoms with Crippen LogP contribution in [0.25, 0.3) is 0 Å². The van der Waals surface area contributed by atoms with Crippen molar-refractivity contribution >= 4 is 29.3 Å². The van der Waals surface area contributed by atoms with E-state index in [2.05, 4.69) is 0 Å². The Morgan fingerprint density at radius 2 is 1.95 bits per heavy atom. The molecule has 0 aliphatic heterocycles. The standard InChI is InChI=1S/C16H15ClO2S/c1-11-3-2-4-12(9-11)10-15(16(18)19)20-14-7-5-13(17)6-8-14/h2-9,15H,10H2,1H3,(H,18,19). The molecule has 2 aromatic carbocycles. The van der Waals surface area contributed by atoms with Crippen LogP contribution < -0.4 is 0 Å². The van der Waals surface area contributed by atoms with Gasteiger partial charge in [0.2, 0.25) is 0 Å². The Balaban J connectivity index is 2.11. The summed E-state index contributed by atoms with van der Waals surface area (Å²) in [7, 11) is 0. The van der Waals surface area contributed by atoms with Crippen molar-refractivity contribution in [1.29, 1.82) is 0 Å². The zero-order chi connectivity index (χ0) is 14.5. The predicted molar refractivity (Wildman–Crippen MR) is 83.6 cm³/mol. The lowest BCUT2D eigenvalue weighted by atomic mass is 10.1. The van der Waals surface area contributed by atoms with Gasteiger partial charge < -0.3 is 5.11 Å². The molecule has 1 unspecified atom stereocenters. The molecule has 0 fully saturated rings. The van der Waals surface area contributed by atoms with Crippen LogP contribution in [0.15, 0.2) is 53.4 Å². The van der Waals surface area contributed by atoms with Gasteiger partial charge in [0.15, 0.2) is 0 Å². The fourth-order valence-electron chi connectivity index (χ4n) is 1.91. The van der Waals surface area contributed by atoms with Gasteiger partial charge in [-0.2, -0.15) is 0 Å². The van der Waals surface area contributed by atoms with E-state index in [4.69, 9.17) is 11.6 Å². The molecule has 4 heteroatoms. The highest BCUT2D eigenvalue weighted by Gasteiger charge is 2.19. The molecule has 0 aliphatic rings. The number of carboxylic acids is 1. The Morgan fingerprint density at radius 3 is 2.55 bits per heavy atom. The first kappa shape index (κ1) is 14.9. The van der Waals surface area contributed by atoms with Crippen LogP contribution >= 0.6 is 23.4 Å². The van der Waals surface area contributed by atoms with Crippen LogP contribution in [0.4, 0.5) is 0 Å². The summed E-state index contributed by atoms with van der Waals surface area (Å²) in [6.07, 6.45) is 0.504. The van der Waals surface area contributed by atoms with Gasteiger partial charge in [-0.3, -0.25) is 4.79 Å². The number of carbonyl (C=O) groups is 1. The molecule has 0 bridgehead atoms. The molecule has 1 atom stereocenters. The van der Waals surface area contributed by atoms with E-state index in [1.807, 2.05) is 43.3 Å². The number of halogens is 1. The van der Waals surface area contributed by atoms with Gasteiger partial charge in [0, 0.05) is 9.92 Å². The van der Waals surface area contributed by atoms with Gasteiger partial charge in [-0.25, -0.2) is 0 Å². The Morgan fingerprint density at radius 1 is 1.25 bits per heavy atom. The van der Waals surface area contributed by atoms with Crippen LogP contribution in [-0.2, 0) is 11.2 Å². The summed E-state index contributed by atoms with van der Waals surface area (Å²) in [6, 6.07) is 15.2. The summed E-state index contributed by atoms with van der Waals surface area (Å²) in [5.74, 6) is -0.800. The molecule has 0 radical (unpaired) electrons. The molecule has 0 aromatic heterocycles. The lowest BCUT2D eigenvalue weighted by Gasteiger charge is -2.12. The molecule has 0 saturated carbocycles. The van der Waals surface area contributed by atoms with Crippen LogP contribution in [-0.4, -0.2) is 16.3 Å². The second-order valence-corrected chi connectivity index (χ2v) is 6.30. The second-order valence-electron chi connectivity index (χ2n) is 4.59. The quantitative estimate of drug-likeness (QED) is 0.830. The number of hydrogen-bond donors (Lipinski definition) is 1. The van der Waals surface area contributed by atoms with Crippen molar-refractivity contribution in [2.75, 3.05) is 0 Å². The van der Waals surface area contributed by atoms with Gasteiger partial charge in [0.1, 0.15) is 5.25 Å². The van der Waals surface area contributed by atoms with Gasteiger partial charge in [0.25, 0.3) is 0 Å². The average molecular weight is 307 g/mol. The van der Waals surface area contributed by atoms with E-state index in [0.29, 0.717) is 11.4 Å². The third kappa shape index (κ3) is 4.29. The van der Waals surface area contributed by atoms with E-state index in [1.54, 1.807) is 12.1 Å². The van der Waals surface area contributed by atoms with Crippen molar-refractivity contribution in [1.82, 2.24) is 0 Å². The van der Waals surface area contributed by atoms with Crippen molar-refractivity contribution in [2.24, 2.45) is 0 Å². The van der Waals surface area contributed by atoms with E-state index >= 15 is 0 Å². The van der Waals surface area contributed by atoms with Gasteiger partial charge in [0.05, 0.1) is 0 Å². The highest BCUT2D eigenvalue weighted by atomic mass is 35.5. The molecule has 2 rings (SSSR count). The summed E-state index contributed by atoms with van der Waals surface area (Å²) in [5, 5.41) is 9.52. The normalized spacial score (nSPS) is 12.1. The topological polar surface area (TPSA) is 37.3 Å². The van der Waals surface area contributed by atoms with Gasteiger partial charge in [-0.1, -0.05) is 41.4 Å². The molecule has 2 aromatic rings. The maximum Gasteiger partial charge on any atom is 0.317 e. The minimum absolute atomic E-state index is 0.502. The molecule has 1 N–H and O–H groups in total. The predicted octanol–water partition coefficient (Wildman–Crippen LogP) is 4.44. The summed E-state index contributed by atoms with van der Waals surface area (Å²) < 4.78 is 0. The minimum Gasteiger partial charge on any atom is -0.480 e. The largest absolute Gasteiger partial charge is 0.480 e. The maximum absolute atomic E-state index is 11.4. The van der Waals surface area contributed by atoms with Crippen molar-refractivity contribution in [3.8, 4) is 0 Å². The number of carboxylic acid groups (broad SMARTS) is 1. The first-order valence-corrected chi connectivity index (χ1v) is 7.51. The molecular formula is C16H15ClO2S. The fraction of sp³-hybridized carbons (Fsp3) is 0.188. The van der Waals surface area contributed by atoms with E-state index < -0.39 is 11.2 Å². The first-order valence-electron chi connectivity index (χ1n) is 6.25. The second kappa shape index (κ2) is 6.82. The molecule has 0 spiro atoms. The zero-order valence-electron chi connectivity index (χ0n) is 11.0. The molecule has 20 heavy (non-hydrogen) atoms. The molecule has 104 valence electrons. The monoisotopic (exact) mass is 306 g/mol. The number of aliphatic carboxylic acids is 1. The van der Waals surface area contributed by atoms with Gasteiger partial charge in [-0.15, -0.1) is 11.8 Å². The van der Waals surface area contributed by atoms with Crippen LogP contribution in [0.3, 0.4) is 0 Å². The zero-order valence-corrected chi connectivity index (χ0v) is 12.6. The third-order valence-corrected chi connectivity index (χ3v) is 4.32. The molecule has 0 aliphatic carbocycles. The molecule has 0 saturated heterocycles. The molecule has 2 nitrogen and oxygen atoms in total. The van der Waals surface area contributed by atoms with E-state index in [0.717, 1.165) is 16.0 Å².